The van der Waals surface area contributed by atoms with Crippen LogP contribution in [0.15, 0.2) is 0 Å². The number of nitrogens with two attached hydrogens (primary N) is 2. The fourth-order valence-corrected chi connectivity index (χ4v) is 1.49. The molecule has 0 aliphatic heterocycles. The van der Waals surface area contributed by atoms with Crippen molar-refractivity contribution in [2.75, 3.05) is 6.16 Å². The summed E-state index contributed by atoms with van der Waals surface area (Å²) in [6, 6.07) is 0. The van der Waals surface area contributed by atoms with Gasteiger partial charge in [-0.3, -0.25) is 4.57 Å². The van der Waals surface area contributed by atoms with E-state index in [0.29, 0.717) is 6.42 Å². The normalized spacial score (nSPS) is 13.7. The van der Waals surface area contributed by atoms with Gasteiger partial charge in [-0.25, -0.2) is 0 Å². The van der Waals surface area contributed by atoms with Crippen molar-refractivity contribution in [2.24, 2.45) is 11.5 Å². The Hall–Kier alpha value is 0.0700. The summed E-state index contributed by atoms with van der Waals surface area (Å²) < 4.78 is 10.3. The SMILES string of the molecule is CCC(N)(N)CP(=O)(O)O. The summed E-state index contributed by atoms with van der Waals surface area (Å²) >= 11 is 0. The molecule has 0 saturated heterocycles. The third-order valence-electron chi connectivity index (χ3n) is 1.16. The summed E-state index contributed by atoms with van der Waals surface area (Å²) in [5.41, 5.74) is 9.34. The second-order valence-electron chi connectivity index (χ2n) is 2.41. The minimum absolute atomic E-state index is 0.345. The maximum Gasteiger partial charge on any atom is 0.328 e. The van der Waals surface area contributed by atoms with Crippen molar-refractivity contribution < 1.29 is 14.4 Å². The maximum absolute atomic E-state index is 10.3. The molecule has 0 aliphatic rings. The van der Waals surface area contributed by atoms with Crippen molar-refractivity contribution in [1.82, 2.24) is 0 Å². The van der Waals surface area contributed by atoms with Gasteiger partial charge in [-0.1, -0.05) is 6.92 Å². The van der Waals surface area contributed by atoms with Crippen LogP contribution >= 0.6 is 7.60 Å². The van der Waals surface area contributed by atoms with Gasteiger partial charge in [0.1, 0.15) is 0 Å². The molecule has 6 heteroatoms. The van der Waals surface area contributed by atoms with Gasteiger partial charge in [0.25, 0.3) is 0 Å². The van der Waals surface area contributed by atoms with Crippen molar-refractivity contribution in [2.45, 2.75) is 19.0 Å². The lowest BCUT2D eigenvalue weighted by atomic mass is 10.2. The van der Waals surface area contributed by atoms with Crippen molar-refractivity contribution in [3.63, 3.8) is 0 Å². The fraction of sp³-hybridized carbons (Fsp3) is 1.00. The lowest BCUT2D eigenvalue weighted by molar-refractivity contribution is 0.348. The maximum atomic E-state index is 10.3. The van der Waals surface area contributed by atoms with Crippen LogP contribution in [0.5, 0.6) is 0 Å². The van der Waals surface area contributed by atoms with Gasteiger partial charge in [0.2, 0.25) is 0 Å². The van der Waals surface area contributed by atoms with E-state index in [4.69, 9.17) is 21.3 Å². The summed E-state index contributed by atoms with van der Waals surface area (Å²) in [4.78, 5) is 16.9. The topological polar surface area (TPSA) is 110 Å². The lowest BCUT2D eigenvalue weighted by Crippen LogP contribution is -2.51. The smallest absolute Gasteiger partial charge is 0.324 e. The van der Waals surface area contributed by atoms with Gasteiger partial charge in [-0.15, -0.1) is 0 Å². The van der Waals surface area contributed by atoms with E-state index in [1.165, 1.54) is 0 Å². The molecule has 0 aliphatic carbocycles. The molecular formula is C4H13N2O3P. The molecule has 0 amide bonds. The lowest BCUT2D eigenvalue weighted by Gasteiger charge is -2.22. The minimum atomic E-state index is -4.05. The molecule has 62 valence electrons. The van der Waals surface area contributed by atoms with Crippen LogP contribution in [0.2, 0.25) is 0 Å². The molecule has 0 bridgehead atoms. The molecule has 0 rings (SSSR count). The highest BCUT2D eigenvalue weighted by Gasteiger charge is 2.27. The molecule has 0 heterocycles. The molecule has 0 fully saturated rings. The Bertz CT molecular complexity index is 153. The first-order chi connectivity index (χ1) is 4.27. The summed E-state index contributed by atoms with van der Waals surface area (Å²) in [5, 5.41) is 0. The van der Waals surface area contributed by atoms with Gasteiger partial charge in [0, 0.05) is 0 Å². The molecule has 0 saturated carbocycles. The second-order valence-corrected chi connectivity index (χ2v) is 4.06. The Balaban J connectivity index is 4.02. The predicted octanol–water partition coefficient (Wildman–Crippen LogP) is -0.812. The minimum Gasteiger partial charge on any atom is -0.324 e. The number of rotatable bonds is 3. The summed E-state index contributed by atoms with van der Waals surface area (Å²) in [7, 11) is -4.05. The third-order valence-corrected chi connectivity index (χ3v) is 2.16. The first-order valence-electron chi connectivity index (χ1n) is 2.89. The highest BCUT2D eigenvalue weighted by atomic mass is 31.2. The molecule has 10 heavy (non-hydrogen) atoms. The Morgan fingerprint density at radius 2 is 1.90 bits per heavy atom. The Morgan fingerprint density at radius 3 is 2.00 bits per heavy atom. The quantitative estimate of drug-likeness (QED) is 0.325. The highest BCUT2D eigenvalue weighted by molar-refractivity contribution is 7.51. The zero-order chi connectivity index (χ0) is 8.41. The van der Waals surface area contributed by atoms with E-state index in [9.17, 15) is 4.57 Å². The fourth-order valence-electron chi connectivity index (χ4n) is 0.495. The Labute approximate surface area is 59.6 Å². The summed E-state index contributed by atoms with van der Waals surface area (Å²) in [6.07, 6.45) is -0.116. The molecule has 0 aromatic heterocycles. The molecule has 6 N–H and O–H groups in total. The first kappa shape index (κ1) is 10.1. The van der Waals surface area contributed by atoms with Crippen LogP contribution in [0.4, 0.5) is 0 Å². The highest BCUT2D eigenvalue weighted by Crippen LogP contribution is 2.36. The average Bonchev–Trinajstić information content (AvgIpc) is 1.60. The molecular weight excluding hydrogens is 155 g/mol. The van der Waals surface area contributed by atoms with Crippen molar-refractivity contribution in [3.05, 3.63) is 0 Å². The summed E-state index contributed by atoms with van der Waals surface area (Å²) in [5.74, 6) is 0. The van der Waals surface area contributed by atoms with Gasteiger partial charge in [0.15, 0.2) is 0 Å². The van der Waals surface area contributed by atoms with Gasteiger partial charge in [0.05, 0.1) is 11.8 Å². The third kappa shape index (κ3) is 4.90. The Morgan fingerprint density at radius 1 is 1.50 bits per heavy atom. The van der Waals surface area contributed by atoms with Crippen molar-refractivity contribution in [3.8, 4) is 0 Å². The summed E-state index contributed by atoms with van der Waals surface area (Å²) in [6.45, 7) is 1.68. The predicted molar refractivity (Wildman–Crippen MR) is 38.3 cm³/mol. The van der Waals surface area contributed by atoms with E-state index >= 15 is 0 Å². The van der Waals surface area contributed by atoms with Crippen LogP contribution in [0.1, 0.15) is 13.3 Å². The van der Waals surface area contributed by atoms with Crippen LogP contribution < -0.4 is 11.5 Å². The molecule has 5 nitrogen and oxygen atoms in total. The van der Waals surface area contributed by atoms with E-state index < -0.39 is 19.4 Å². The van der Waals surface area contributed by atoms with Crippen LogP contribution in [-0.2, 0) is 4.57 Å². The first-order valence-corrected chi connectivity index (χ1v) is 4.69. The monoisotopic (exact) mass is 168 g/mol. The zero-order valence-corrected chi connectivity index (χ0v) is 6.71. The van der Waals surface area contributed by atoms with Crippen LogP contribution in [0.25, 0.3) is 0 Å². The average molecular weight is 168 g/mol. The molecule has 0 aromatic rings. The van der Waals surface area contributed by atoms with Crippen LogP contribution in [-0.4, -0.2) is 21.6 Å². The van der Waals surface area contributed by atoms with Crippen molar-refractivity contribution in [1.29, 1.82) is 0 Å². The van der Waals surface area contributed by atoms with Crippen molar-refractivity contribution >= 4 is 7.60 Å². The number of hydrogen-bond donors (Lipinski definition) is 4. The molecule has 0 aromatic carbocycles. The number of hydrogen-bond acceptors (Lipinski definition) is 3. The van der Waals surface area contributed by atoms with Crippen LogP contribution in [0.3, 0.4) is 0 Å². The molecule has 0 radical (unpaired) electrons. The van der Waals surface area contributed by atoms with E-state index in [1.54, 1.807) is 6.92 Å². The standard InChI is InChI=1S/C4H13N2O3P/c1-2-4(5,6)3-10(7,8)9/h2-3,5-6H2,1H3,(H2,7,8,9). The van der Waals surface area contributed by atoms with E-state index in [0.717, 1.165) is 0 Å². The molecule has 0 spiro atoms. The van der Waals surface area contributed by atoms with E-state index in [1.807, 2.05) is 0 Å². The van der Waals surface area contributed by atoms with Crippen LogP contribution in [0, 0.1) is 0 Å². The van der Waals surface area contributed by atoms with Gasteiger partial charge in [-0.2, -0.15) is 0 Å². The largest absolute Gasteiger partial charge is 0.328 e. The Kier molecular flexibility index (Phi) is 3.00. The van der Waals surface area contributed by atoms with Gasteiger partial charge < -0.3 is 21.3 Å². The van der Waals surface area contributed by atoms with E-state index in [2.05, 4.69) is 0 Å². The second kappa shape index (κ2) is 2.98. The molecule has 0 unspecified atom stereocenters. The zero-order valence-electron chi connectivity index (χ0n) is 5.82. The molecule has 0 atom stereocenters. The van der Waals surface area contributed by atoms with E-state index in [-0.39, 0.29) is 0 Å². The van der Waals surface area contributed by atoms with Gasteiger partial charge in [-0.05, 0) is 6.42 Å². The van der Waals surface area contributed by atoms with Gasteiger partial charge >= 0.3 is 7.60 Å².